The summed E-state index contributed by atoms with van der Waals surface area (Å²) in [4.78, 5) is 25.9. The molecule has 2 aromatic rings. The Morgan fingerprint density at radius 3 is 1.79 bits per heavy atom. The Labute approximate surface area is 223 Å². The van der Waals surface area contributed by atoms with Crippen molar-refractivity contribution in [2.45, 2.75) is 45.3 Å². The minimum atomic E-state index is -3.80. The van der Waals surface area contributed by atoms with Crippen molar-refractivity contribution in [1.29, 1.82) is 0 Å². The number of hydrogen-bond acceptors (Lipinski definition) is 10. The van der Waals surface area contributed by atoms with Crippen LogP contribution in [0.3, 0.4) is 0 Å². The van der Waals surface area contributed by atoms with Crippen molar-refractivity contribution in [1.82, 2.24) is 5.32 Å². The van der Waals surface area contributed by atoms with Crippen LogP contribution in [0, 0.1) is 0 Å². The minimum absolute atomic E-state index is 0.0269. The van der Waals surface area contributed by atoms with E-state index in [-0.39, 0.29) is 44.3 Å². The van der Waals surface area contributed by atoms with Crippen LogP contribution in [0.2, 0.25) is 0 Å². The molecule has 0 aliphatic carbocycles. The van der Waals surface area contributed by atoms with Crippen molar-refractivity contribution in [3.05, 3.63) is 83.1 Å². The van der Waals surface area contributed by atoms with Gasteiger partial charge in [0.15, 0.2) is 5.57 Å². The molecule has 0 spiro atoms. The number of nitrogens with one attached hydrogen (secondary N) is 1. The van der Waals surface area contributed by atoms with Crippen molar-refractivity contribution < 1.29 is 41.1 Å². The van der Waals surface area contributed by atoms with Crippen LogP contribution in [0.25, 0.3) is 0 Å². The topological polar surface area (TPSA) is 126 Å². The first-order valence-electron chi connectivity index (χ1n) is 12.2. The van der Waals surface area contributed by atoms with Crippen molar-refractivity contribution >= 4 is 22.1 Å². The molecule has 1 saturated heterocycles. The summed E-state index contributed by atoms with van der Waals surface area (Å²) in [7, 11) is -3.80. The SMILES string of the molecule is CCOC(=O)C(C(=O)OCC)=C1N[C@@H](COS(C)(=O)=O)[C@@H](OCc2ccccc2)[C@@H]1OCc1ccccc1. The summed E-state index contributed by atoms with van der Waals surface area (Å²) >= 11 is 0. The van der Waals surface area contributed by atoms with Crippen LogP contribution in [0.15, 0.2) is 71.9 Å². The molecule has 1 N–H and O–H groups in total. The van der Waals surface area contributed by atoms with Crippen molar-refractivity contribution in [2.24, 2.45) is 0 Å². The Kier molecular flexibility index (Phi) is 10.8. The zero-order valence-corrected chi connectivity index (χ0v) is 22.4. The van der Waals surface area contributed by atoms with E-state index < -0.39 is 40.3 Å². The third kappa shape index (κ3) is 8.38. The highest BCUT2D eigenvalue weighted by molar-refractivity contribution is 7.85. The van der Waals surface area contributed by atoms with Gasteiger partial charge in [-0.05, 0) is 25.0 Å². The van der Waals surface area contributed by atoms with Crippen LogP contribution in [0.1, 0.15) is 25.0 Å². The number of rotatable bonds is 13. The molecule has 38 heavy (non-hydrogen) atoms. The molecule has 0 saturated carbocycles. The normalized spacial score (nSPS) is 19.0. The summed E-state index contributed by atoms with van der Waals surface area (Å²) in [5.41, 5.74) is 1.42. The van der Waals surface area contributed by atoms with Crippen LogP contribution >= 0.6 is 0 Å². The standard InChI is InChI=1S/C27H33NO9S/c1-4-33-26(29)22(27(30)34-5-2)23-25(36-17-20-14-10-7-11-15-20)24(21(28-23)18-37-38(3,31)32)35-16-19-12-8-6-9-13-19/h6-15,21,24-25,28H,4-5,16-18H2,1-3H3/t21-,24+,25+/m0/s1. The number of ether oxygens (including phenoxy) is 4. The molecule has 11 heteroatoms. The highest BCUT2D eigenvalue weighted by Crippen LogP contribution is 2.30. The van der Waals surface area contributed by atoms with E-state index in [0.717, 1.165) is 17.4 Å². The molecule has 0 amide bonds. The van der Waals surface area contributed by atoms with Crippen LogP contribution in [0.5, 0.6) is 0 Å². The first-order chi connectivity index (χ1) is 18.2. The Morgan fingerprint density at radius 1 is 0.816 bits per heavy atom. The van der Waals surface area contributed by atoms with Crippen molar-refractivity contribution in [2.75, 3.05) is 26.1 Å². The second kappa shape index (κ2) is 14.1. The molecule has 0 radical (unpaired) electrons. The van der Waals surface area contributed by atoms with E-state index in [4.69, 9.17) is 23.1 Å². The molecular formula is C27H33NO9S. The Morgan fingerprint density at radius 2 is 1.32 bits per heavy atom. The van der Waals surface area contributed by atoms with E-state index in [1.165, 1.54) is 0 Å². The van der Waals surface area contributed by atoms with E-state index in [2.05, 4.69) is 5.32 Å². The average molecular weight is 548 g/mol. The fourth-order valence-electron chi connectivity index (χ4n) is 3.91. The van der Waals surface area contributed by atoms with Gasteiger partial charge >= 0.3 is 11.9 Å². The number of benzene rings is 2. The average Bonchev–Trinajstić information content (AvgIpc) is 3.23. The molecule has 1 aliphatic rings. The van der Waals surface area contributed by atoms with Gasteiger partial charge < -0.3 is 24.3 Å². The van der Waals surface area contributed by atoms with Gasteiger partial charge in [0.05, 0.1) is 51.0 Å². The van der Waals surface area contributed by atoms with Gasteiger partial charge in [-0.1, -0.05) is 60.7 Å². The minimum Gasteiger partial charge on any atom is -0.462 e. The number of carbonyl (C=O) groups excluding carboxylic acids is 2. The smallest absolute Gasteiger partial charge is 0.347 e. The fourth-order valence-corrected chi connectivity index (χ4v) is 4.30. The third-order valence-electron chi connectivity index (χ3n) is 5.57. The molecule has 10 nitrogen and oxygen atoms in total. The molecule has 1 heterocycles. The maximum Gasteiger partial charge on any atom is 0.347 e. The largest absolute Gasteiger partial charge is 0.462 e. The van der Waals surface area contributed by atoms with Gasteiger partial charge in [-0.2, -0.15) is 8.42 Å². The van der Waals surface area contributed by atoms with Gasteiger partial charge in [0.1, 0.15) is 12.2 Å². The molecule has 1 aliphatic heterocycles. The summed E-state index contributed by atoms with van der Waals surface area (Å²) < 4.78 is 51.4. The van der Waals surface area contributed by atoms with E-state index in [9.17, 15) is 18.0 Å². The Bertz CT molecular complexity index is 1180. The maximum atomic E-state index is 12.9. The molecule has 206 valence electrons. The Balaban J connectivity index is 2.04. The molecule has 0 unspecified atom stereocenters. The lowest BCUT2D eigenvalue weighted by molar-refractivity contribution is -0.147. The lowest BCUT2D eigenvalue weighted by Crippen LogP contribution is -2.40. The molecule has 0 bridgehead atoms. The van der Waals surface area contributed by atoms with E-state index in [1.54, 1.807) is 13.8 Å². The van der Waals surface area contributed by atoms with Gasteiger partial charge in [-0.3, -0.25) is 4.18 Å². The second-order valence-corrected chi connectivity index (χ2v) is 10.1. The molecule has 1 fully saturated rings. The highest BCUT2D eigenvalue weighted by Gasteiger charge is 2.46. The highest BCUT2D eigenvalue weighted by atomic mass is 32.2. The molecule has 0 aromatic heterocycles. The third-order valence-corrected chi connectivity index (χ3v) is 6.13. The monoisotopic (exact) mass is 547 g/mol. The first-order valence-corrected chi connectivity index (χ1v) is 14.1. The number of carbonyl (C=O) groups is 2. The second-order valence-electron chi connectivity index (χ2n) is 8.45. The van der Waals surface area contributed by atoms with Crippen LogP contribution < -0.4 is 5.32 Å². The molecular weight excluding hydrogens is 514 g/mol. The summed E-state index contributed by atoms with van der Waals surface area (Å²) in [5, 5.41) is 3.05. The lowest BCUT2D eigenvalue weighted by atomic mass is 10.1. The van der Waals surface area contributed by atoms with Crippen LogP contribution in [-0.2, 0) is 56.1 Å². The fraction of sp³-hybridized carbons (Fsp3) is 0.407. The summed E-state index contributed by atoms with van der Waals surface area (Å²) in [6.45, 7) is 3.25. The zero-order chi connectivity index (χ0) is 27.5. The predicted molar refractivity (Wildman–Crippen MR) is 138 cm³/mol. The lowest BCUT2D eigenvalue weighted by Gasteiger charge is -2.24. The van der Waals surface area contributed by atoms with Crippen LogP contribution in [0.4, 0.5) is 0 Å². The Hall–Kier alpha value is -3.25. The summed E-state index contributed by atoms with van der Waals surface area (Å²) in [6, 6.07) is 17.9. The van der Waals surface area contributed by atoms with Crippen molar-refractivity contribution in [3.8, 4) is 0 Å². The van der Waals surface area contributed by atoms with Gasteiger partial charge in [-0.25, -0.2) is 9.59 Å². The zero-order valence-electron chi connectivity index (χ0n) is 21.6. The molecule has 3 rings (SSSR count). The molecule has 2 aromatic carbocycles. The van der Waals surface area contributed by atoms with E-state index in [0.29, 0.717) is 0 Å². The van der Waals surface area contributed by atoms with E-state index in [1.807, 2.05) is 60.7 Å². The summed E-state index contributed by atoms with van der Waals surface area (Å²) in [5.74, 6) is -1.79. The van der Waals surface area contributed by atoms with Gasteiger partial charge in [0, 0.05) is 0 Å². The predicted octanol–water partition coefficient (Wildman–Crippen LogP) is 2.49. The van der Waals surface area contributed by atoms with Gasteiger partial charge in [0.2, 0.25) is 0 Å². The van der Waals surface area contributed by atoms with E-state index >= 15 is 0 Å². The molecule has 3 atom stereocenters. The van der Waals surface area contributed by atoms with Crippen LogP contribution in [-0.4, -0.2) is 64.7 Å². The van der Waals surface area contributed by atoms with Gasteiger partial charge in [-0.15, -0.1) is 0 Å². The quantitative estimate of drug-likeness (QED) is 0.131. The summed E-state index contributed by atoms with van der Waals surface area (Å²) in [6.07, 6.45) is -0.879. The van der Waals surface area contributed by atoms with Gasteiger partial charge in [0.25, 0.3) is 10.1 Å². The number of hydrogen-bond donors (Lipinski definition) is 1. The maximum absolute atomic E-state index is 12.9. The number of esters is 2. The van der Waals surface area contributed by atoms with Crippen molar-refractivity contribution in [3.63, 3.8) is 0 Å². The first kappa shape index (κ1) is 29.3.